The van der Waals surface area contributed by atoms with Gasteiger partial charge in [0.25, 0.3) is 5.91 Å². The lowest BCUT2D eigenvalue weighted by Crippen LogP contribution is -2.23. The van der Waals surface area contributed by atoms with Crippen molar-refractivity contribution in [2.24, 2.45) is 0 Å². The standard InChI is InChI=1S/C14H10Cl2N2O/c15-8-4-5-13(11(16)6-8)18-7-10-9(14(18)19)2-1-3-12(10)17/h1-6H,7,17H2. The van der Waals surface area contributed by atoms with Crippen LogP contribution in [0.2, 0.25) is 10.0 Å². The van der Waals surface area contributed by atoms with Crippen LogP contribution in [0, 0.1) is 0 Å². The largest absolute Gasteiger partial charge is 0.398 e. The zero-order valence-corrected chi connectivity index (χ0v) is 11.4. The van der Waals surface area contributed by atoms with E-state index in [4.69, 9.17) is 28.9 Å². The average Bonchev–Trinajstić information content (AvgIpc) is 2.69. The van der Waals surface area contributed by atoms with E-state index in [0.717, 1.165) is 5.56 Å². The maximum Gasteiger partial charge on any atom is 0.259 e. The summed E-state index contributed by atoms with van der Waals surface area (Å²) in [6.07, 6.45) is 0. The fraction of sp³-hybridized carbons (Fsp3) is 0.0714. The summed E-state index contributed by atoms with van der Waals surface area (Å²) in [7, 11) is 0. The quantitative estimate of drug-likeness (QED) is 0.814. The van der Waals surface area contributed by atoms with Gasteiger partial charge < -0.3 is 10.6 Å². The molecule has 1 heterocycles. The molecule has 2 aromatic carbocycles. The Labute approximate surface area is 120 Å². The highest BCUT2D eigenvalue weighted by molar-refractivity contribution is 6.37. The van der Waals surface area contributed by atoms with E-state index in [9.17, 15) is 4.79 Å². The van der Waals surface area contributed by atoms with E-state index >= 15 is 0 Å². The molecule has 0 aliphatic carbocycles. The summed E-state index contributed by atoms with van der Waals surface area (Å²) < 4.78 is 0. The van der Waals surface area contributed by atoms with Crippen molar-refractivity contribution in [3.63, 3.8) is 0 Å². The molecule has 0 bridgehead atoms. The molecule has 0 saturated carbocycles. The fourth-order valence-electron chi connectivity index (χ4n) is 2.25. The van der Waals surface area contributed by atoms with Crippen LogP contribution in [0.15, 0.2) is 36.4 Å². The van der Waals surface area contributed by atoms with Gasteiger partial charge in [-0.15, -0.1) is 0 Å². The first-order chi connectivity index (χ1) is 9.08. The van der Waals surface area contributed by atoms with E-state index < -0.39 is 0 Å². The van der Waals surface area contributed by atoms with Gasteiger partial charge in [-0.05, 0) is 30.3 Å². The third kappa shape index (κ3) is 1.95. The lowest BCUT2D eigenvalue weighted by atomic mass is 10.1. The number of benzene rings is 2. The Hall–Kier alpha value is -1.71. The average molecular weight is 293 g/mol. The number of fused-ring (bicyclic) bond motifs is 1. The van der Waals surface area contributed by atoms with E-state index in [1.54, 1.807) is 41.3 Å². The van der Waals surface area contributed by atoms with Crippen LogP contribution in [-0.2, 0) is 6.54 Å². The number of nitrogens with zero attached hydrogens (tertiary/aromatic N) is 1. The van der Waals surface area contributed by atoms with Crippen LogP contribution in [0.3, 0.4) is 0 Å². The molecule has 1 amide bonds. The summed E-state index contributed by atoms with van der Waals surface area (Å²) in [6.45, 7) is 0.433. The molecule has 3 rings (SSSR count). The van der Waals surface area contributed by atoms with Crippen LogP contribution < -0.4 is 10.6 Å². The van der Waals surface area contributed by atoms with Gasteiger partial charge >= 0.3 is 0 Å². The van der Waals surface area contributed by atoms with Crippen molar-refractivity contribution in [1.29, 1.82) is 0 Å². The Kier molecular flexibility index (Phi) is 2.88. The number of carbonyl (C=O) groups excluding carboxylic acids is 1. The van der Waals surface area contributed by atoms with Crippen LogP contribution >= 0.6 is 23.2 Å². The third-order valence-corrected chi connectivity index (χ3v) is 3.74. The van der Waals surface area contributed by atoms with Crippen molar-refractivity contribution in [2.75, 3.05) is 10.6 Å². The maximum absolute atomic E-state index is 12.4. The summed E-state index contributed by atoms with van der Waals surface area (Å²) in [6, 6.07) is 10.4. The Balaban J connectivity index is 2.06. The number of nitrogen functional groups attached to an aromatic ring is 1. The van der Waals surface area contributed by atoms with E-state index in [1.165, 1.54) is 0 Å². The molecule has 0 saturated heterocycles. The van der Waals surface area contributed by atoms with Crippen LogP contribution in [0.25, 0.3) is 0 Å². The summed E-state index contributed by atoms with van der Waals surface area (Å²) in [4.78, 5) is 14.0. The summed E-state index contributed by atoms with van der Waals surface area (Å²) in [5.41, 5.74) is 8.65. The van der Waals surface area contributed by atoms with Gasteiger partial charge in [0.15, 0.2) is 0 Å². The normalized spacial score (nSPS) is 13.8. The van der Waals surface area contributed by atoms with Crippen molar-refractivity contribution < 1.29 is 4.79 Å². The molecule has 19 heavy (non-hydrogen) atoms. The topological polar surface area (TPSA) is 46.3 Å². The lowest BCUT2D eigenvalue weighted by molar-refractivity contribution is 0.0996. The first kappa shape index (κ1) is 12.3. The van der Waals surface area contributed by atoms with Gasteiger partial charge in [0, 0.05) is 21.8 Å². The minimum atomic E-state index is -0.0912. The van der Waals surface area contributed by atoms with Crippen LogP contribution in [0.1, 0.15) is 15.9 Å². The minimum Gasteiger partial charge on any atom is -0.398 e. The second-order valence-electron chi connectivity index (χ2n) is 4.36. The van der Waals surface area contributed by atoms with Gasteiger partial charge in [-0.25, -0.2) is 0 Å². The van der Waals surface area contributed by atoms with E-state index in [2.05, 4.69) is 0 Å². The number of halogens is 2. The monoisotopic (exact) mass is 292 g/mol. The lowest BCUT2D eigenvalue weighted by Gasteiger charge is -2.17. The molecule has 0 atom stereocenters. The highest BCUT2D eigenvalue weighted by Gasteiger charge is 2.30. The second-order valence-corrected chi connectivity index (χ2v) is 5.20. The number of hydrogen-bond acceptors (Lipinski definition) is 2. The Morgan fingerprint density at radius 1 is 1.16 bits per heavy atom. The summed E-state index contributed by atoms with van der Waals surface area (Å²) >= 11 is 12.0. The number of anilines is 2. The van der Waals surface area contributed by atoms with Crippen molar-refractivity contribution in [2.45, 2.75) is 6.54 Å². The van der Waals surface area contributed by atoms with Gasteiger partial charge in [-0.2, -0.15) is 0 Å². The summed E-state index contributed by atoms with van der Waals surface area (Å²) in [5, 5.41) is 0.990. The van der Waals surface area contributed by atoms with Gasteiger partial charge in [-0.3, -0.25) is 4.79 Å². The SMILES string of the molecule is Nc1cccc2c1CN(c1ccc(Cl)cc1Cl)C2=O. The van der Waals surface area contributed by atoms with Crippen molar-refractivity contribution in [3.8, 4) is 0 Å². The first-order valence-corrected chi connectivity index (χ1v) is 6.48. The van der Waals surface area contributed by atoms with E-state index in [1.807, 2.05) is 0 Å². The Morgan fingerprint density at radius 2 is 1.95 bits per heavy atom. The number of carbonyl (C=O) groups is 1. The zero-order valence-electron chi connectivity index (χ0n) is 9.86. The molecule has 1 aliphatic heterocycles. The molecule has 0 unspecified atom stereocenters. The highest BCUT2D eigenvalue weighted by atomic mass is 35.5. The predicted octanol–water partition coefficient (Wildman–Crippen LogP) is 3.74. The van der Waals surface area contributed by atoms with Crippen LogP contribution in [-0.4, -0.2) is 5.91 Å². The molecule has 1 aliphatic rings. The molecule has 0 spiro atoms. The number of hydrogen-bond donors (Lipinski definition) is 1. The first-order valence-electron chi connectivity index (χ1n) is 5.72. The highest BCUT2D eigenvalue weighted by Crippen LogP contribution is 2.36. The van der Waals surface area contributed by atoms with Crippen LogP contribution in [0.4, 0.5) is 11.4 Å². The van der Waals surface area contributed by atoms with Crippen molar-refractivity contribution in [3.05, 3.63) is 57.6 Å². The number of amides is 1. The maximum atomic E-state index is 12.4. The van der Waals surface area contributed by atoms with Gasteiger partial charge in [0.2, 0.25) is 0 Å². The smallest absolute Gasteiger partial charge is 0.259 e. The zero-order chi connectivity index (χ0) is 13.6. The predicted molar refractivity (Wildman–Crippen MR) is 77.8 cm³/mol. The molecule has 2 aromatic rings. The second kappa shape index (κ2) is 4.44. The molecule has 96 valence electrons. The van der Waals surface area contributed by atoms with Crippen molar-refractivity contribution >= 4 is 40.5 Å². The third-order valence-electron chi connectivity index (χ3n) is 3.20. The van der Waals surface area contributed by atoms with E-state index in [0.29, 0.717) is 33.5 Å². The van der Waals surface area contributed by atoms with Crippen molar-refractivity contribution in [1.82, 2.24) is 0 Å². The molecule has 3 nitrogen and oxygen atoms in total. The molecule has 0 radical (unpaired) electrons. The molecule has 5 heteroatoms. The van der Waals surface area contributed by atoms with E-state index in [-0.39, 0.29) is 5.91 Å². The Bertz CT molecular complexity index is 685. The molecule has 2 N–H and O–H groups in total. The fourth-order valence-corrected chi connectivity index (χ4v) is 2.76. The summed E-state index contributed by atoms with van der Waals surface area (Å²) in [5.74, 6) is -0.0912. The number of rotatable bonds is 1. The molecule has 0 aromatic heterocycles. The van der Waals surface area contributed by atoms with Gasteiger partial charge in [0.1, 0.15) is 0 Å². The molecular weight excluding hydrogens is 283 g/mol. The van der Waals surface area contributed by atoms with Crippen LogP contribution in [0.5, 0.6) is 0 Å². The number of nitrogens with two attached hydrogens (primary N) is 1. The molecule has 0 fully saturated rings. The minimum absolute atomic E-state index is 0.0912. The Morgan fingerprint density at radius 3 is 2.63 bits per heavy atom. The molecular formula is C14H10Cl2N2O. The van der Waals surface area contributed by atoms with Gasteiger partial charge in [0.05, 0.1) is 17.3 Å². The van der Waals surface area contributed by atoms with Gasteiger partial charge in [-0.1, -0.05) is 29.3 Å².